The van der Waals surface area contributed by atoms with E-state index in [-0.39, 0.29) is 27.9 Å². The summed E-state index contributed by atoms with van der Waals surface area (Å²) >= 11 is 6.07. The number of rotatable bonds is 8. The molecular formula is C19H13ClN4O7. The van der Waals surface area contributed by atoms with Crippen molar-refractivity contribution in [3.8, 4) is 17.1 Å². The van der Waals surface area contributed by atoms with E-state index in [9.17, 15) is 25.0 Å². The van der Waals surface area contributed by atoms with E-state index in [1.165, 1.54) is 42.6 Å². The maximum absolute atomic E-state index is 11.8. The number of carbonyl (C=O) groups excluding carboxylic acids is 1. The highest BCUT2D eigenvalue weighted by molar-refractivity contribution is 6.33. The summed E-state index contributed by atoms with van der Waals surface area (Å²) in [7, 11) is 0. The van der Waals surface area contributed by atoms with Crippen molar-refractivity contribution in [2.75, 3.05) is 6.61 Å². The van der Waals surface area contributed by atoms with Crippen molar-refractivity contribution in [2.45, 2.75) is 0 Å². The van der Waals surface area contributed by atoms with Crippen LogP contribution in [0.25, 0.3) is 11.3 Å². The van der Waals surface area contributed by atoms with Crippen LogP contribution >= 0.6 is 11.6 Å². The predicted molar refractivity (Wildman–Crippen MR) is 110 cm³/mol. The SMILES string of the molecule is O=C(COc1ccccc1[N+](=O)[O-])NN=Cc1ccc(-c2ccc([N+](=O)[O-])cc2Cl)o1. The smallest absolute Gasteiger partial charge is 0.310 e. The normalized spacial score (nSPS) is 10.7. The zero-order chi connectivity index (χ0) is 22.4. The molecular weight excluding hydrogens is 432 g/mol. The first-order chi connectivity index (χ1) is 14.8. The van der Waals surface area contributed by atoms with Gasteiger partial charge in [0.2, 0.25) is 0 Å². The van der Waals surface area contributed by atoms with E-state index in [0.717, 1.165) is 0 Å². The van der Waals surface area contributed by atoms with Crippen LogP contribution in [0, 0.1) is 20.2 Å². The summed E-state index contributed by atoms with van der Waals surface area (Å²) in [5, 5.41) is 25.6. The van der Waals surface area contributed by atoms with Crippen LogP contribution in [-0.4, -0.2) is 28.6 Å². The van der Waals surface area contributed by atoms with Gasteiger partial charge in [-0.2, -0.15) is 5.10 Å². The van der Waals surface area contributed by atoms with Crippen LogP contribution in [0.3, 0.4) is 0 Å². The van der Waals surface area contributed by atoms with E-state index < -0.39 is 22.4 Å². The third-order valence-electron chi connectivity index (χ3n) is 3.86. The van der Waals surface area contributed by atoms with Crippen molar-refractivity contribution in [3.05, 3.63) is 85.6 Å². The van der Waals surface area contributed by atoms with Crippen molar-refractivity contribution in [2.24, 2.45) is 5.10 Å². The highest BCUT2D eigenvalue weighted by Crippen LogP contribution is 2.32. The van der Waals surface area contributed by atoms with Crippen LogP contribution < -0.4 is 10.2 Å². The van der Waals surface area contributed by atoms with Crippen LogP contribution in [-0.2, 0) is 4.79 Å². The number of hydrogen-bond donors (Lipinski definition) is 1. The molecule has 3 aromatic rings. The first-order valence-electron chi connectivity index (χ1n) is 8.57. The second-order valence-electron chi connectivity index (χ2n) is 5.93. The van der Waals surface area contributed by atoms with Crippen LogP contribution in [0.5, 0.6) is 5.75 Å². The van der Waals surface area contributed by atoms with E-state index in [1.807, 2.05) is 0 Å². The molecule has 1 N–H and O–H groups in total. The van der Waals surface area contributed by atoms with Gasteiger partial charge in [0, 0.05) is 23.8 Å². The summed E-state index contributed by atoms with van der Waals surface area (Å²) in [5.74, 6) is -0.0430. The number of carbonyl (C=O) groups is 1. The van der Waals surface area contributed by atoms with Crippen molar-refractivity contribution in [1.82, 2.24) is 5.43 Å². The van der Waals surface area contributed by atoms with Crippen molar-refractivity contribution >= 4 is 35.1 Å². The molecule has 3 rings (SSSR count). The molecule has 0 saturated heterocycles. The van der Waals surface area contributed by atoms with Gasteiger partial charge in [-0.05, 0) is 24.3 Å². The Balaban J connectivity index is 1.58. The molecule has 12 heteroatoms. The second-order valence-corrected chi connectivity index (χ2v) is 6.34. The third kappa shape index (κ3) is 5.42. The number of benzene rings is 2. The Morgan fingerprint density at radius 1 is 1.13 bits per heavy atom. The Bertz CT molecular complexity index is 1180. The number of hydrazone groups is 1. The number of nitrogens with zero attached hydrogens (tertiary/aromatic N) is 3. The van der Waals surface area contributed by atoms with Crippen molar-refractivity contribution < 1.29 is 23.8 Å². The Kier molecular flexibility index (Phi) is 6.58. The number of non-ortho nitro benzene ring substituents is 1. The molecule has 158 valence electrons. The molecule has 0 bridgehead atoms. The van der Waals surface area contributed by atoms with Crippen LogP contribution in [0.4, 0.5) is 11.4 Å². The minimum atomic E-state index is -0.639. The molecule has 0 aliphatic rings. The van der Waals surface area contributed by atoms with Gasteiger partial charge in [-0.25, -0.2) is 5.43 Å². The molecule has 0 fully saturated rings. The molecule has 0 unspecified atom stereocenters. The van der Waals surface area contributed by atoms with Gasteiger partial charge in [0.25, 0.3) is 11.6 Å². The lowest BCUT2D eigenvalue weighted by molar-refractivity contribution is -0.385. The van der Waals surface area contributed by atoms with Gasteiger partial charge in [0.15, 0.2) is 12.4 Å². The molecule has 0 saturated carbocycles. The summed E-state index contributed by atoms with van der Waals surface area (Å²) in [4.78, 5) is 32.4. The quantitative estimate of drug-likeness (QED) is 0.314. The average Bonchev–Trinajstić information content (AvgIpc) is 3.20. The number of hydrogen-bond acceptors (Lipinski definition) is 8. The summed E-state index contributed by atoms with van der Waals surface area (Å²) in [5.41, 5.74) is 2.25. The zero-order valence-corrected chi connectivity index (χ0v) is 16.3. The number of furan rings is 1. The Morgan fingerprint density at radius 3 is 2.61 bits per heavy atom. The topological polar surface area (TPSA) is 150 Å². The molecule has 2 aromatic carbocycles. The second kappa shape index (κ2) is 9.50. The Labute approximate surface area is 179 Å². The predicted octanol–water partition coefficient (Wildman–Crippen LogP) is 3.95. The number of halogens is 1. The number of para-hydroxylation sites is 2. The number of nitrogens with one attached hydrogen (secondary N) is 1. The minimum absolute atomic E-state index is 0.0396. The van der Waals surface area contributed by atoms with E-state index >= 15 is 0 Å². The summed E-state index contributed by atoms with van der Waals surface area (Å²) in [6.45, 7) is -0.482. The van der Waals surface area contributed by atoms with Gasteiger partial charge in [-0.15, -0.1) is 0 Å². The average molecular weight is 445 g/mol. The maximum atomic E-state index is 11.8. The van der Waals surface area contributed by atoms with Crippen molar-refractivity contribution in [3.63, 3.8) is 0 Å². The fourth-order valence-electron chi connectivity index (χ4n) is 2.46. The lowest BCUT2D eigenvalue weighted by Crippen LogP contribution is -2.24. The molecule has 1 heterocycles. The highest BCUT2D eigenvalue weighted by Gasteiger charge is 2.15. The molecule has 0 atom stereocenters. The van der Waals surface area contributed by atoms with Gasteiger partial charge >= 0.3 is 5.69 Å². The molecule has 1 amide bonds. The first-order valence-corrected chi connectivity index (χ1v) is 8.95. The summed E-state index contributed by atoms with van der Waals surface area (Å²) in [6, 6.07) is 12.8. The van der Waals surface area contributed by atoms with Crippen molar-refractivity contribution in [1.29, 1.82) is 0 Å². The molecule has 11 nitrogen and oxygen atoms in total. The molecule has 0 aliphatic heterocycles. The van der Waals surface area contributed by atoms with E-state index in [4.69, 9.17) is 20.8 Å². The summed E-state index contributed by atoms with van der Waals surface area (Å²) in [6.07, 6.45) is 1.23. The number of amides is 1. The lowest BCUT2D eigenvalue weighted by atomic mass is 10.1. The maximum Gasteiger partial charge on any atom is 0.310 e. The molecule has 31 heavy (non-hydrogen) atoms. The van der Waals surface area contributed by atoms with Crippen LogP contribution in [0.1, 0.15) is 5.76 Å². The van der Waals surface area contributed by atoms with E-state index in [1.54, 1.807) is 18.2 Å². The Morgan fingerprint density at radius 2 is 1.90 bits per heavy atom. The fraction of sp³-hybridized carbons (Fsp3) is 0.0526. The lowest BCUT2D eigenvalue weighted by Gasteiger charge is -2.05. The molecule has 0 radical (unpaired) electrons. The molecule has 1 aromatic heterocycles. The Hall–Kier alpha value is -4.25. The highest BCUT2D eigenvalue weighted by atomic mass is 35.5. The van der Waals surface area contributed by atoms with Crippen LogP contribution in [0.2, 0.25) is 5.02 Å². The van der Waals surface area contributed by atoms with Gasteiger partial charge in [0.1, 0.15) is 11.5 Å². The fourth-order valence-corrected chi connectivity index (χ4v) is 2.73. The number of nitro benzene ring substituents is 2. The van der Waals surface area contributed by atoms with Gasteiger partial charge in [0.05, 0.1) is 21.1 Å². The first kappa shape index (κ1) is 21.5. The standard InChI is InChI=1S/C19H13ClN4O7/c20-15-9-12(23(26)27)5-7-14(15)17-8-6-13(31-17)10-21-22-19(25)11-30-18-4-2-1-3-16(18)24(28)29/h1-10H,11H2,(H,22,25). The van der Waals surface area contributed by atoms with Gasteiger partial charge in [-0.1, -0.05) is 23.7 Å². The zero-order valence-electron chi connectivity index (χ0n) is 15.6. The van der Waals surface area contributed by atoms with Crippen LogP contribution in [0.15, 0.2) is 64.1 Å². The largest absolute Gasteiger partial charge is 0.477 e. The third-order valence-corrected chi connectivity index (χ3v) is 4.17. The van der Waals surface area contributed by atoms with E-state index in [0.29, 0.717) is 11.3 Å². The molecule has 0 spiro atoms. The summed E-state index contributed by atoms with van der Waals surface area (Å²) < 4.78 is 10.7. The van der Waals surface area contributed by atoms with Gasteiger partial charge in [-0.3, -0.25) is 25.0 Å². The minimum Gasteiger partial charge on any atom is -0.477 e. The monoisotopic (exact) mass is 444 g/mol. The molecule has 0 aliphatic carbocycles. The number of nitro groups is 2. The van der Waals surface area contributed by atoms with Gasteiger partial charge < -0.3 is 9.15 Å². The number of ether oxygens (including phenoxy) is 1. The van der Waals surface area contributed by atoms with E-state index in [2.05, 4.69) is 10.5 Å².